The van der Waals surface area contributed by atoms with Gasteiger partial charge in [-0.1, -0.05) is 13.3 Å². The minimum absolute atomic E-state index is 0.627. The molecule has 0 unspecified atom stereocenters. The molecule has 2 N–H and O–H groups in total. The van der Waals surface area contributed by atoms with E-state index in [9.17, 15) is 0 Å². The van der Waals surface area contributed by atoms with Gasteiger partial charge in [-0.3, -0.25) is 0 Å². The van der Waals surface area contributed by atoms with Crippen molar-refractivity contribution in [2.45, 2.75) is 46.1 Å². The smallest absolute Gasteiger partial charge is 0.185 e. The average Bonchev–Trinajstić information content (AvgIpc) is 2.71. The number of hydrogen-bond donors (Lipinski definition) is 1. The number of aryl methyl sites for hydroxylation is 1. The molecule has 0 atom stereocenters. The molecular weight excluding hydrogens is 230 g/mol. The summed E-state index contributed by atoms with van der Waals surface area (Å²) in [6.45, 7) is 7.23. The van der Waals surface area contributed by atoms with E-state index in [1.54, 1.807) is 11.3 Å². The van der Waals surface area contributed by atoms with Crippen LogP contribution >= 0.6 is 11.3 Å². The highest BCUT2D eigenvalue weighted by Crippen LogP contribution is 2.31. The number of aromatic nitrogens is 1. The molecule has 0 aliphatic heterocycles. The molecule has 1 aliphatic rings. The summed E-state index contributed by atoms with van der Waals surface area (Å²) in [5.74, 6) is 0.894. The molecule has 1 aromatic rings. The second kappa shape index (κ2) is 5.83. The van der Waals surface area contributed by atoms with Gasteiger partial charge in [0.15, 0.2) is 5.13 Å². The maximum atomic E-state index is 5.77. The molecule has 3 nitrogen and oxygen atoms in total. The summed E-state index contributed by atoms with van der Waals surface area (Å²) < 4.78 is 0. The first kappa shape index (κ1) is 12.8. The first-order valence-electron chi connectivity index (χ1n) is 6.72. The molecule has 1 fully saturated rings. The molecule has 0 aromatic carbocycles. The van der Waals surface area contributed by atoms with Crippen LogP contribution in [0.25, 0.3) is 0 Å². The van der Waals surface area contributed by atoms with E-state index in [0.29, 0.717) is 6.54 Å². The molecule has 0 saturated heterocycles. The van der Waals surface area contributed by atoms with E-state index in [1.807, 2.05) is 0 Å². The molecule has 1 aromatic heterocycles. The summed E-state index contributed by atoms with van der Waals surface area (Å²) in [4.78, 5) is 8.43. The summed E-state index contributed by atoms with van der Waals surface area (Å²) in [7, 11) is 0. The Morgan fingerprint density at radius 2 is 2.18 bits per heavy atom. The molecule has 1 heterocycles. The molecule has 0 bridgehead atoms. The highest BCUT2D eigenvalue weighted by atomic mass is 32.1. The van der Waals surface area contributed by atoms with Gasteiger partial charge in [0.2, 0.25) is 0 Å². The zero-order valence-electron chi connectivity index (χ0n) is 10.9. The fourth-order valence-electron chi connectivity index (χ4n) is 2.27. The van der Waals surface area contributed by atoms with Crippen LogP contribution in [0.5, 0.6) is 0 Å². The third-order valence-corrected chi connectivity index (χ3v) is 4.82. The summed E-state index contributed by atoms with van der Waals surface area (Å²) in [6.07, 6.45) is 5.19. The topological polar surface area (TPSA) is 42.2 Å². The summed E-state index contributed by atoms with van der Waals surface area (Å²) in [5.41, 5.74) is 6.97. The van der Waals surface area contributed by atoms with Crippen LogP contribution in [0.1, 0.15) is 43.7 Å². The van der Waals surface area contributed by atoms with E-state index in [1.165, 1.54) is 41.5 Å². The Kier molecular flexibility index (Phi) is 4.40. The van der Waals surface area contributed by atoms with Crippen LogP contribution in [0.15, 0.2) is 0 Å². The van der Waals surface area contributed by atoms with E-state index in [-0.39, 0.29) is 0 Å². The lowest BCUT2D eigenvalue weighted by Gasteiger charge is -2.31. The van der Waals surface area contributed by atoms with E-state index in [2.05, 4.69) is 18.7 Å². The fourth-order valence-corrected chi connectivity index (χ4v) is 3.37. The predicted molar refractivity (Wildman–Crippen MR) is 74.6 cm³/mol. The monoisotopic (exact) mass is 253 g/mol. The van der Waals surface area contributed by atoms with Gasteiger partial charge in [-0.15, -0.1) is 11.3 Å². The van der Waals surface area contributed by atoms with Crippen LogP contribution in [0.4, 0.5) is 5.13 Å². The maximum absolute atomic E-state index is 5.77. The quantitative estimate of drug-likeness (QED) is 0.847. The Balaban J connectivity index is 2.09. The van der Waals surface area contributed by atoms with Gasteiger partial charge in [0, 0.05) is 24.5 Å². The summed E-state index contributed by atoms with van der Waals surface area (Å²) in [6, 6.07) is 0. The van der Waals surface area contributed by atoms with Crippen LogP contribution in [-0.2, 0) is 13.0 Å². The van der Waals surface area contributed by atoms with Crippen molar-refractivity contribution in [1.29, 1.82) is 0 Å². The largest absolute Gasteiger partial charge is 0.348 e. The number of rotatable bonds is 6. The Bertz CT molecular complexity index is 336. The van der Waals surface area contributed by atoms with Crippen molar-refractivity contribution in [2.75, 3.05) is 18.0 Å². The summed E-state index contributed by atoms with van der Waals surface area (Å²) >= 11 is 1.78. The molecule has 2 rings (SSSR count). The third-order valence-electron chi connectivity index (χ3n) is 3.64. The number of nitrogens with two attached hydrogens (primary N) is 1. The second-order valence-electron chi connectivity index (χ2n) is 4.76. The Labute approximate surface area is 108 Å². The van der Waals surface area contributed by atoms with Crippen molar-refractivity contribution in [3.63, 3.8) is 0 Å². The van der Waals surface area contributed by atoms with Crippen molar-refractivity contribution in [2.24, 2.45) is 11.7 Å². The number of hydrogen-bond acceptors (Lipinski definition) is 4. The van der Waals surface area contributed by atoms with Crippen LogP contribution in [0.2, 0.25) is 0 Å². The van der Waals surface area contributed by atoms with Crippen molar-refractivity contribution in [3.05, 3.63) is 10.6 Å². The van der Waals surface area contributed by atoms with Gasteiger partial charge in [-0.05, 0) is 32.1 Å². The van der Waals surface area contributed by atoms with E-state index < -0.39 is 0 Å². The van der Waals surface area contributed by atoms with Gasteiger partial charge in [-0.2, -0.15) is 0 Å². The average molecular weight is 253 g/mol. The molecule has 0 spiro atoms. The highest BCUT2D eigenvalue weighted by Gasteiger charge is 2.22. The van der Waals surface area contributed by atoms with Crippen LogP contribution in [-0.4, -0.2) is 18.1 Å². The van der Waals surface area contributed by atoms with Gasteiger partial charge in [0.1, 0.15) is 0 Å². The zero-order chi connectivity index (χ0) is 12.3. The van der Waals surface area contributed by atoms with Crippen LogP contribution in [0, 0.1) is 5.92 Å². The van der Waals surface area contributed by atoms with Crippen molar-refractivity contribution >= 4 is 16.5 Å². The zero-order valence-corrected chi connectivity index (χ0v) is 11.7. The van der Waals surface area contributed by atoms with E-state index in [4.69, 9.17) is 10.7 Å². The number of nitrogens with zero attached hydrogens (tertiary/aromatic N) is 2. The minimum atomic E-state index is 0.627. The van der Waals surface area contributed by atoms with Crippen LogP contribution < -0.4 is 10.6 Å². The minimum Gasteiger partial charge on any atom is -0.348 e. The Morgan fingerprint density at radius 3 is 2.59 bits per heavy atom. The molecule has 0 amide bonds. The first-order chi connectivity index (χ1) is 8.28. The molecular formula is C13H23N3S. The first-order valence-corrected chi connectivity index (χ1v) is 7.53. The SMILES string of the molecule is CCc1nc(N(CC)CC2CCC2)sc1CN. The van der Waals surface area contributed by atoms with Gasteiger partial charge >= 0.3 is 0 Å². The van der Waals surface area contributed by atoms with Crippen LogP contribution in [0.3, 0.4) is 0 Å². The fraction of sp³-hybridized carbons (Fsp3) is 0.769. The lowest BCUT2D eigenvalue weighted by atomic mass is 9.85. The third kappa shape index (κ3) is 2.80. The Hall–Kier alpha value is -0.610. The normalized spacial score (nSPS) is 15.9. The standard InChI is InChI=1S/C13H23N3S/c1-3-11-12(8-14)17-13(15-11)16(4-2)9-10-6-5-7-10/h10H,3-9,14H2,1-2H3. The predicted octanol–water partition coefficient (Wildman–Crippen LogP) is 2.79. The van der Waals surface area contributed by atoms with Gasteiger partial charge in [0.25, 0.3) is 0 Å². The second-order valence-corrected chi connectivity index (χ2v) is 5.82. The van der Waals surface area contributed by atoms with Crippen molar-refractivity contribution in [1.82, 2.24) is 4.98 Å². The summed E-state index contributed by atoms with van der Waals surface area (Å²) in [5, 5.41) is 1.18. The van der Waals surface area contributed by atoms with E-state index in [0.717, 1.165) is 18.9 Å². The molecule has 0 radical (unpaired) electrons. The molecule has 1 saturated carbocycles. The number of thiazole rings is 1. The van der Waals surface area contributed by atoms with Gasteiger partial charge < -0.3 is 10.6 Å². The maximum Gasteiger partial charge on any atom is 0.185 e. The van der Waals surface area contributed by atoms with Crippen molar-refractivity contribution < 1.29 is 0 Å². The molecule has 17 heavy (non-hydrogen) atoms. The Morgan fingerprint density at radius 1 is 1.41 bits per heavy atom. The van der Waals surface area contributed by atoms with E-state index >= 15 is 0 Å². The number of anilines is 1. The van der Waals surface area contributed by atoms with Gasteiger partial charge in [-0.25, -0.2) is 4.98 Å². The van der Waals surface area contributed by atoms with Crippen molar-refractivity contribution in [3.8, 4) is 0 Å². The molecule has 1 aliphatic carbocycles. The lowest BCUT2D eigenvalue weighted by molar-refractivity contribution is 0.318. The lowest BCUT2D eigenvalue weighted by Crippen LogP contribution is -2.32. The molecule has 4 heteroatoms. The highest BCUT2D eigenvalue weighted by molar-refractivity contribution is 7.15. The molecule has 96 valence electrons. The van der Waals surface area contributed by atoms with Gasteiger partial charge in [0.05, 0.1) is 5.69 Å².